The second kappa shape index (κ2) is 9.62. The lowest BCUT2D eigenvalue weighted by atomic mass is 10.1. The van der Waals surface area contributed by atoms with Gasteiger partial charge in [-0.15, -0.1) is 0 Å². The van der Waals surface area contributed by atoms with E-state index in [9.17, 15) is 13.2 Å². The van der Waals surface area contributed by atoms with Crippen LogP contribution >= 0.6 is 0 Å². The van der Waals surface area contributed by atoms with E-state index in [1.165, 1.54) is 6.07 Å². The first-order valence-corrected chi connectivity index (χ1v) is 11.7. The van der Waals surface area contributed by atoms with E-state index < -0.39 is 10.0 Å². The van der Waals surface area contributed by atoms with Gasteiger partial charge in [-0.2, -0.15) is 0 Å². The highest BCUT2D eigenvalue weighted by Crippen LogP contribution is 2.21. The van der Waals surface area contributed by atoms with Crippen LogP contribution in [0.2, 0.25) is 0 Å². The number of aryl methyl sites for hydroxylation is 1. The molecule has 4 aromatic rings. The van der Waals surface area contributed by atoms with E-state index in [1.807, 2.05) is 37.3 Å². The first-order valence-electron chi connectivity index (χ1n) is 10.2. The van der Waals surface area contributed by atoms with Crippen molar-refractivity contribution < 1.29 is 13.2 Å². The molecule has 7 nitrogen and oxygen atoms in total. The minimum atomic E-state index is -3.71. The molecule has 0 aliphatic carbocycles. The Bertz CT molecular complexity index is 1370. The number of aromatic nitrogens is 2. The smallest absolute Gasteiger partial charge is 0.261 e. The first kappa shape index (κ1) is 22.2. The maximum Gasteiger partial charge on any atom is 0.261 e. The third-order valence-corrected chi connectivity index (χ3v) is 6.36. The highest BCUT2D eigenvalue weighted by atomic mass is 32.2. The standard InChI is InChI=1S/C25H22N4O3S/c1-18-4-2-6-23(16-18)33(31,32)29-22-9-7-20(8-10-22)25(30)28-17-21-5-3-13-27-24(21)19-11-14-26-15-12-19/h2-16,29H,17H2,1H3,(H,28,30). The molecular weight excluding hydrogens is 436 g/mol. The second-order valence-corrected chi connectivity index (χ2v) is 9.11. The molecule has 8 heteroatoms. The van der Waals surface area contributed by atoms with Crippen molar-refractivity contribution in [1.82, 2.24) is 15.3 Å². The number of pyridine rings is 2. The van der Waals surface area contributed by atoms with Crippen molar-refractivity contribution in [3.05, 3.63) is 108 Å². The molecule has 2 aromatic heterocycles. The summed E-state index contributed by atoms with van der Waals surface area (Å²) in [7, 11) is -3.71. The van der Waals surface area contributed by atoms with Gasteiger partial charge in [-0.05, 0) is 72.6 Å². The van der Waals surface area contributed by atoms with Crippen molar-refractivity contribution in [1.29, 1.82) is 0 Å². The monoisotopic (exact) mass is 458 g/mol. The number of sulfonamides is 1. The summed E-state index contributed by atoms with van der Waals surface area (Å²) < 4.78 is 27.7. The third-order valence-electron chi connectivity index (χ3n) is 4.98. The van der Waals surface area contributed by atoms with Crippen molar-refractivity contribution in [2.24, 2.45) is 0 Å². The zero-order chi connectivity index (χ0) is 23.3. The van der Waals surface area contributed by atoms with Crippen molar-refractivity contribution in [2.75, 3.05) is 4.72 Å². The summed E-state index contributed by atoms with van der Waals surface area (Å²) in [6.45, 7) is 2.13. The molecule has 0 unspecified atom stereocenters. The lowest BCUT2D eigenvalue weighted by molar-refractivity contribution is 0.0951. The van der Waals surface area contributed by atoms with E-state index in [4.69, 9.17) is 0 Å². The Hall–Kier alpha value is -4.04. The van der Waals surface area contributed by atoms with Gasteiger partial charge < -0.3 is 5.32 Å². The van der Waals surface area contributed by atoms with E-state index in [1.54, 1.807) is 55.0 Å². The van der Waals surface area contributed by atoms with Gasteiger partial charge in [-0.3, -0.25) is 19.5 Å². The Morgan fingerprint density at radius 3 is 2.39 bits per heavy atom. The molecule has 0 fully saturated rings. The average molecular weight is 459 g/mol. The number of hydrogen-bond acceptors (Lipinski definition) is 5. The molecule has 0 aliphatic rings. The van der Waals surface area contributed by atoms with Crippen LogP contribution in [0.25, 0.3) is 11.3 Å². The van der Waals surface area contributed by atoms with Crippen molar-refractivity contribution in [3.63, 3.8) is 0 Å². The van der Waals surface area contributed by atoms with Gasteiger partial charge in [0.05, 0.1) is 10.6 Å². The molecule has 0 bridgehead atoms. The first-order chi connectivity index (χ1) is 15.9. The van der Waals surface area contributed by atoms with Crippen LogP contribution in [-0.2, 0) is 16.6 Å². The summed E-state index contributed by atoms with van der Waals surface area (Å²) in [5, 5.41) is 2.89. The minimum absolute atomic E-state index is 0.186. The van der Waals surface area contributed by atoms with Gasteiger partial charge in [0.15, 0.2) is 0 Å². The fourth-order valence-electron chi connectivity index (χ4n) is 3.31. The highest BCUT2D eigenvalue weighted by molar-refractivity contribution is 7.92. The van der Waals surface area contributed by atoms with Crippen LogP contribution in [0, 0.1) is 6.92 Å². The largest absolute Gasteiger partial charge is 0.348 e. The molecule has 0 atom stereocenters. The number of amides is 1. The average Bonchev–Trinajstić information content (AvgIpc) is 2.83. The summed E-state index contributed by atoms with van der Waals surface area (Å²) in [4.78, 5) is 21.3. The molecule has 0 saturated heterocycles. The van der Waals surface area contributed by atoms with Crippen LogP contribution in [0.5, 0.6) is 0 Å². The number of carbonyl (C=O) groups excluding carboxylic acids is 1. The number of nitrogens with one attached hydrogen (secondary N) is 2. The molecule has 33 heavy (non-hydrogen) atoms. The SMILES string of the molecule is Cc1cccc(S(=O)(=O)Nc2ccc(C(=O)NCc3cccnc3-c3ccncc3)cc2)c1. The molecule has 1 amide bonds. The van der Waals surface area contributed by atoms with E-state index in [0.717, 1.165) is 22.4 Å². The minimum Gasteiger partial charge on any atom is -0.348 e. The lowest BCUT2D eigenvalue weighted by Crippen LogP contribution is -2.23. The summed E-state index contributed by atoms with van der Waals surface area (Å²) in [5.74, 6) is -0.271. The Kier molecular flexibility index (Phi) is 6.46. The number of benzene rings is 2. The Morgan fingerprint density at radius 1 is 0.909 bits per heavy atom. The van der Waals surface area contributed by atoms with Gasteiger partial charge in [0.2, 0.25) is 0 Å². The number of carbonyl (C=O) groups is 1. The van der Waals surface area contributed by atoms with E-state index in [2.05, 4.69) is 20.0 Å². The summed E-state index contributed by atoms with van der Waals surface area (Å²) in [6.07, 6.45) is 5.10. The van der Waals surface area contributed by atoms with Crippen LogP contribution in [-0.4, -0.2) is 24.3 Å². The number of anilines is 1. The van der Waals surface area contributed by atoms with Crippen LogP contribution in [0.1, 0.15) is 21.5 Å². The van der Waals surface area contributed by atoms with Gasteiger partial charge in [0, 0.05) is 41.9 Å². The molecule has 0 aliphatic heterocycles. The van der Waals surface area contributed by atoms with Crippen molar-refractivity contribution >= 4 is 21.6 Å². The quantitative estimate of drug-likeness (QED) is 0.433. The zero-order valence-corrected chi connectivity index (χ0v) is 18.7. The normalized spacial score (nSPS) is 11.1. The van der Waals surface area contributed by atoms with Gasteiger partial charge >= 0.3 is 0 Å². The van der Waals surface area contributed by atoms with Gasteiger partial charge in [-0.1, -0.05) is 18.2 Å². The highest BCUT2D eigenvalue weighted by Gasteiger charge is 2.15. The Labute approximate surface area is 192 Å². The Morgan fingerprint density at radius 2 is 1.67 bits per heavy atom. The number of nitrogens with zero attached hydrogens (tertiary/aromatic N) is 2. The van der Waals surface area contributed by atoms with Gasteiger partial charge in [-0.25, -0.2) is 8.42 Å². The fourth-order valence-corrected chi connectivity index (χ4v) is 4.48. The molecule has 2 heterocycles. The summed E-state index contributed by atoms with van der Waals surface area (Å²) in [5.41, 5.74) is 4.22. The number of rotatable bonds is 7. The van der Waals surface area contributed by atoms with Gasteiger partial charge in [0.25, 0.3) is 15.9 Å². The van der Waals surface area contributed by atoms with E-state index in [0.29, 0.717) is 17.8 Å². The lowest BCUT2D eigenvalue weighted by Gasteiger charge is -2.11. The maximum atomic E-state index is 12.6. The molecule has 0 radical (unpaired) electrons. The maximum absolute atomic E-state index is 12.6. The zero-order valence-electron chi connectivity index (χ0n) is 17.9. The molecule has 4 rings (SSSR count). The van der Waals surface area contributed by atoms with Crippen molar-refractivity contribution in [3.8, 4) is 11.3 Å². The van der Waals surface area contributed by atoms with Crippen LogP contribution in [0.4, 0.5) is 5.69 Å². The van der Waals surface area contributed by atoms with E-state index >= 15 is 0 Å². The third kappa shape index (κ3) is 5.42. The second-order valence-electron chi connectivity index (χ2n) is 7.43. The predicted molar refractivity (Wildman–Crippen MR) is 127 cm³/mol. The van der Waals surface area contributed by atoms with E-state index in [-0.39, 0.29) is 10.8 Å². The molecule has 2 aromatic carbocycles. The van der Waals surface area contributed by atoms with Crippen LogP contribution in [0.15, 0.2) is 96.3 Å². The fraction of sp³-hybridized carbons (Fsp3) is 0.0800. The molecule has 166 valence electrons. The van der Waals surface area contributed by atoms with Gasteiger partial charge in [0.1, 0.15) is 0 Å². The predicted octanol–water partition coefficient (Wildman–Crippen LogP) is 4.18. The van der Waals surface area contributed by atoms with Crippen LogP contribution < -0.4 is 10.0 Å². The molecule has 0 spiro atoms. The number of hydrogen-bond donors (Lipinski definition) is 2. The summed E-state index contributed by atoms with van der Waals surface area (Å²) in [6, 6.07) is 20.4. The van der Waals surface area contributed by atoms with Crippen LogP contribution in [0.3, 0.4) is 0 Å². The Balaban J connectivity index is 1.43. The molecule has 2 N–H and O–H groups in total. The van der Waals surface area contributed by atoms with Crippen molar-refractivity contribution in [2.45, 2.75) is 18.4 Å². The topological polar surface area (TPSA) is 101 Å². The summed E-state index contributed by atoms with van der Waals surface area (Å²) >= 11 is 0. The molecule has 0 saturated carbocycles. The molecular formula is C25H22N4O3S.